The lowest BCUT2D eigenvalue weighted by Gasteiger charge is -2.21. The molecular formula is C21H28N3O3+. The van der Waals surface area contributed by atoms with E-state index in [2.05, 4.69) is 10.6 Å². The third-order valence-corrected chi connectivity index (χ3v) is 3.99. The molecule has 0 aliphatic rings. The van der Waals surface area contributed by atoms with Gasteiger partial charge in [0.2, 0.25) is 5.91 Å². The van der Waals surface area contributed by atoms with E-state index in [-0.39, 0.29) is 24.4 Å². The van der Waals surface area contributed by atoms with E-state index in [1.807, 2.05) is 51.4 Å². The molecule has 0 aromatic heterocycles. The molecule has 0 heterocycles. The molecule has 0 saturated carbocycles. The van der Waals surface area contributed by atoms with Crippen LogP contribution in [0.25, 0.3) is 0 Å². The Hall–Kier alpha value is -2.86. The van der Waals surface area contributed by atoms with Gasteiger partial charge in [-0.1, -0.05) is 30.3 Å². The summed E-state index contributed by atoms with van der Waals surface area (Å²) in [5.41, 5.74) is 1.54. The topological polar surface area (TPSA) is 71.9 Å². The summed E-state index contributed by atoms with van der Waals surface area (Å²) < 4.78 is 5.36. The first-order valence-electron chi connectivity index (χ1n) is 9.14. The number of rotatable bonds is 9. The third kappa shape index (κ3) is 6.75. The summed E-state index contributed by atoms with van der Waals surface area (Å²) in [5.74, 6) is 0.204. The van der Waals surface area contributed by atoms with E-state index in [1.54, 1.807) is 24.3 Å². The van der Waals surface area contributed by atoms with Crippen LogP contribution in [0.4, 0.5) is 0 Å². The predicted octanol–water partition coefficient (Wildman–Crippen LogP) is 0.817. The van der Waals surface area contributed by atoms with Crippen molar-refractivity contribution in [2.75, 3.05) is 33.8 Å². The number of ether oxygens (including phenoxy) is 1. The molecule has 0 unspecified atom stereocenters. The molecule has 0 aliphatic heterocycles. The first kappa shape index (κ1) is 20.5. The molecule has 2 aromatic carbocycles. The molecule has 27 heavy (non-hydrogen) atoms. The number of amides is 2. The molecule has 0 bridgehead atoms. The molecule has 3 N–H and O–H groups in total. The Labute approximate surface area is 160 Å². The van der Waals surface area contributed by atoms with Crippen LogP contribution in [0.15, 0.2) is 54.6 Å². The van der Waals surface area contributed by atoms with Crippen LogP contribution in [0.5, 0.6) is 5.75 Å². The highest BCUT2D eigenvalue weighted by Crippen LogP contribution is 2.12. The third-order valence-electron chi connectivity index (χ3n) is 3.99. The Morgan fingerprint density at radius 3 is 2.30 bits per heavy atom. The van der Waals surface area contributed by atoms with Crippen molar-refractivity contribution in [1.29, 1.82) is 0 Å². The van der Waals surface area contributed by atoms with Crippen LogP contribution in [0.3, 0.4) is 0 Å². The number of likely N-dealkylation sites (N-methyl/N-ethyl adjacent to an activating group) is 1. The van der Waals surface area contributed by atoms with Gasteiger partial charge in [0, 0.05) is 5.56 Å². The minimum atomic E-state index is -0.289. The average Bonchev–Trinajstić information content (AvgIpc) is 2.67. The van der Waals surface area contributed by atoms with Gasteiger partial charge in [0.25, 0.3) is 5.91 Å². The van der Waals surface area contributed by atoms with E-state index >= 15 is 0 Å². The van der Waals surface area contributed by atoms with Crippen LogP contribution in [0.1, 0.15) is 28.9 Å². The zero-order valence-corrected chi connectivity index (χ0v) is 16.1. The Morgan fingerprint density at radius 2 is 1.70 bits per heavy atom. The van der Waals surface area contributed by atoms with Gasteiger partial charge in [-0.3, -0.25) is 9.59 Å². The van der Waals surface area contributed by atoms with E-state index in [0.717, 1.165) is 12.1 Å². The molecule has 144 valence electrons. The maximum atomic E-state index is 12.3. The molecule has 2 rings (SSSR count). The lowest BCUT2D eigenvalue weighted by Crippen LogP contribution is -3.06. The average molecular weight is 370 g/mol. The van der Waals surface area contributed by atoms with Crippen LogP contribution in [0, 0.1) is 0 Å². The fourth-order valence-electron chi connectivity index (χ4n) is 2.72. The molecule has 1 atom stereocenters. The van der Waals surface area contributed by atoms with E-state index in [4.69, 9.17) is 4.74 Å². The molecule has 0 spiro atoms. The summed E-state index contributed by atoms with van der Waals surface area (Å²) in [6, 6.07) is 16.6. The fraction of sp³-hybridized carbons (Fsp3) is 0.333. The summed E-state index contributed by atoms with van der Waals surface area (Å²) in [7, 11) is 4.07. The maximum absolute atomic E-state index is 12.3. The van der Waals surface area contributed by atoms with Crippen LogP contribution in [-0.4, -0.2) is 45.6 Å². The monoisotopic (exact) mass is 370 g/mol. The van der Waals surface area contributed by atoms with Crippen LogP contribution in [-0.2, 0) is 4.79 Å². The van der Waals surface area contributed by atoms with Gasteiger partial charge in [-0.15, -0.1) is 0 Å². The van der Waals surface area contributed by atoms with E-state index in [9.17, 15) is 9.59 Å². The number of quaternary nitrogens is 1. The van der Waals surface area contributed by atoms with Crippen molar-refractivity contribution in [3.05, 3.63) is 65.7 Å². The number of nitrogens with one attached hydrogen (secondary N) is 3. The van der Waals surface area contributed by atoms with Crippen molar-refractivity contribution in [3.63, 3.8) is 0 Å². The zero-order chi connectivity index (χ0) is 19.6. The quantitative estimate of drug-likeness (QED) is 0.612. The largest absolute Gasteiger partial charge is 0.494 e. The van der Waals surface area contributed by atoms with Crippen LogP contribution < -0.4 is 20.3 Å². The Kier molecular flexibility index (Phi) is 7.82. The van der Waals surface area contributed by atoms with Crippen molar-refractivity contribution >= 4 is 11.8 Å². The number of carbonyl (C=O) groups is 2. The second kappa shape index (κ2) is 10.3. The molecule has 0 radical (unpaired) electrons. The first-order chi connectivity index (χ1) is 13.0. The van der Waals surface area contributed by atoms with Gasteiger partial charge < -0.3 is 20.3 Å². The SMILES string of the molecule is CCOc1ccc(C(=O)NCC(=O)N[C@H](C[NH+](C)C)c2ccccc2)cc1. The highest BCUT2D eigenvalue weighted by Gasteiger charge is 2.18. The van der Waals surface area contributed by atoms with Gasteiger partial charge in [-0.25, -0.2) is 0 Å². The minimum absolute atomic E-state index is 0.0713. The lowest BCUT2D eigenvalue weighted by molar-refractivity contribution is -0.860. The Morgan fingerprint density at radius 1 is 1.04 bits per heavy atom. The van der Waals surface area contributed by atoms with Gasteiger partial charge in [0.1, 0.15) is 18.3 Å². The smallest absolute Gasteiger partial charge is 0.251 e. The number of hydrogen-bond donors (Lipinski definition) is 3. The molecule has 2 amide bonds. The molecule has 0 aliphatic carbocycles. The lowest BCUT2D eigenvalue weighted by atomic mass is 10.1. The maximum Gasteiger partial charge on any atom is 0.251 e. The number of benzene rings is 2. The van der Waals surface area contributed by atoms with Crippen molar-refractivity contribution in [3.8, 4) is 5.75 Å². The standard InChI is InChI=1S/C21H27N3O3/c1-4-27-18-12-10-17(11-13-18)21(26)22-14-20(25)23-19(15-24(2)3)16-8-6-5-7-9-16/h5-13,19H,4,14-15H2,1-3H3,(H,22,26)(H,23,25)/p+1/t19-/m1/s1. The summed E-state index contributed by atoms with van der Waals surface area (Å²) >= 11 is 0. The fourth-order valence-corrected chi connectivity index (χ4v) is 2.72. The van der Waals surface area contributed by atoms with Crippen molar-refractivity contribution in [2.24, 2.45) is 0 Å². The highest BCUT2D eigenvalue weighted by atomic mass is 16.5. The summed E-state index contributed by atoms with van der Waals surface area (Å²) in [6.07, 6.45) is 0. The molecule has 0 saturated heterocycles. The van der Waals surface area contributed by atoms with Gasteiger partial charge in [0.15, 0.2) is 0 Å². The highest BCUT2D eigenvalue weighted by molar-refractivity contribution is 5.96. The van der Waals surface area contributed by atoms with Gasteiger partial charge in [-0.05, 0) is 36.8 Å². The zero-order valence-electron chi connectivity index (χ0n) is 16.1. The van der Waals surface area contributed by atoms with Crippen molar-refractivity contribution in [2.45, 2.75) is 13.0 Å². The predicted molar refractivity (Wildman–Crippen MR) is 105 cm³/mol. The van der Waals surface area contributed by atoms with Crippen molar-refractivity contribution in [1.82, 2.24) is 10.6 Å². The second-order valence-corrected chi connectivity index (χ2v) is 6.58. The molecule has 6 heteroatoms. The van der Waals surface area contributed by atoms with Crippen LogP contribution >= 0.6 is 0 Å². The van der Waals surface area contributed by atoms with Crippen molar-refractivity contribution < 1.29 is 19.2 Å². The van der Waals surface area contributed by atoms with E-state index in [0.29, 0.717) is 17.9 Å². The summed E-state index contributed by atoms with van der Waals surface area (Å²) in [5, 5.41) is 5.66. The Balaban J connectivity index is 1.90. The normalized spacial score (nSPS) is 11.7. The van der Waals surface area contributed by atoms with Crippen LogP contribution in [0.2, 0.25) is 0 Å². The number of hydrogen-bond acceptors (Lipinski definition) is 3. The van der Waals surface area contributed by atoms with E-state index in [1.165, 1.54) is 4.90 Å². The molecule has 0 fully saturated rings. The number of carbonyl (C=O) groups excluding carboxylic acids is 2. The van der Waals surface area contributed by atoms with Gasteiger partial charge >= 0.3 is 0 Å². The van der Waals surface area contributed by atoms with E-state index < -0.39 is 0 Å². The molecular weight excluding hydrogens is 342 g/mol. The summed E-state index contributed by atoms with van der Waals surface area (Å²) in [4.78, 5) is 25.8. The molecule has 2 aromatic rings. The summed E-state index contributed by atoms with van der Waals surface area (Å²) in [6.45, 7) is 3.16. The van der Waals surface area contributed by atoms with Gasteiger partial charge in [0.05, 0.1) is 27.2 Å². The Bertz CT molecular complexity index is 730. The van der Waals surface area contributed by atoms with Gasteiger partial charge in [-0.2, -0.15) is 0 Å². The minimum Gasteiger partial charge on any atom is -0.494 e. The second-order valence-electron chi connectivity index (χ2n) is 6.58. The molecule has 6 nitrogen and oxygen atoms in total. The first-order valence-corrected chi connectivity index (χ1v) is 9.14.